The van der Waals surface area contributed by atoms with Crippen LogP contribution in [0.1, 0.15) is 26.3 Å². The highest BCUT2D eigenvalue weighted by Gasteiger charge is 2.33. The van der Waals surface area contributed by atoms with E-state index in [9.17, 15) is 19.2 Å². The minimum atomic E-state index is -1.11. The molecule has 0 spiro atoms. The first-order valence-electron chi connectivity index (χ1n) is 11.6. The Balaban J connectivity index is 1.52. The number of allylic oxidation sites excluding steroid dienone is 2. The minimum absolute atomic E-state index is 0.0746. The number of amides is 2. The number of para-hydroxylation sites is 2. The third-order valence-electron chi connectivity index (χ3n) is 6.21. The number of rotatable bonds is 6. The van der Waals surface area contributed by atoms with Gasteiger partial charge in [0.25, 0.3) is 0 Å². The highest BCUT2D eigenvalue weighted by atomic mass is 16.5. The molecule has 0 atom stereocenters. The number of methoxy groups -OCH3 is 2. The van der Waals surface area contributed by atoms with Gasteiger partial charge in [0.15, 0.2) is 5.78 Å². The molecule has 1 heterocycles. The van der Waals surface area contributed by atoms with E-state index in [2.05, 4.69) is 5.32 Å². The van der Waals surface area contributed by atoms with Gasteiger partial charge in [-0.05, 0) is 18.2 Å². The molecule has 2 amide bonds. The van der Waals surface area contributed by atoms with Crippen LogP contribution in [0.15, 0.2) is 89.2 Å². The molecule has 0 unspecified atom stereocenters. The van der Waals surface area contributed by atoms with E-state index in [4.69, 9.17) is 13.9 Å². The summed E-state index contributed by atoms with van der Waals surface area (Å²) in [4.78, 5) is 53.6. The van der Waals surface area contributed by atoms with Gasteiger partial charge >= 0.3 is 11.8 Å². The summed E-state index contributed by atoms with van der Waals surface area (Å²) >= 11 is 0. The van der Waals surface area contributed by atoms with E-state index < -0.39 is 23.4 Å². The number of carbonyl (C=O) groups excluding carboxylic acids is 4. The number of Topliss-reactive ketones (excluding diaryl/α,β-unsaturated/α-hetero) is 1. The molecule has 0 bridgehead atoms. The first kappa shape index (κ1) is 24.5. The van der Waals surface area contributed by atoms with E-state index in [0.29, 0.717) is 11.1 Å². The second-order valence-electron chi connectivity index (χ2n) is 8.41. The molecular formula is C29H22N2O7. The fraction of sp³-hybridized carbons (Fsp3) is 0.103. The van der Waals surface area contributed by atoms with Crippen molar-refractivity contribution < 1.29 is 33.1 Å². The van der Waals surface area contributed by atoms with Crippen LogP contribution < -0.4 is 19.7 Å². The average Bonchev–Trinajstić information content (AvgIpc) is 3.36. The Bertz CT molecular complexity index is 1610. The van der Waals surface area contributed by atoms with Gasteiger partial charge in [-0.3, -0.25) is 24.1 Å². The normalized spacial score (nSPS) is 12.5. The zero-order valence-corrected chi connectivity index (χ0v) is 20.5. The lowest BCUT2D eigenvalue weighted by Gasteiger charge is -2.26. The van der Waals surface area contributed by atoms with Crippen LogP contribution in [0.5, 0.6) is 11.5 Å². The second-order valence-corrected chi connectivity index (χ2v) is 8.41. The van der Waals surface area contributed by atoms with Gasteiger partial charge in [-0.1, -0.05) is 48.5 Å². The van der Waals surface area contributed by atoms with Crippen LogP contribution in [0.4, 0.5) is 5.69 Å². The van der Waals surface area contributed by atoms with Crippen LogP contribution in [0, 0.1) is 0 Å². The van der Waals surface area contributed by atoms with Crippen LogP contribution in [0.25, 0.3) is 11.0 Å². The lowest BCUT2D eigenvalue weighted by Crippen LogP contribution is -2.44. The molecule has 1 aromatic heterocycles. The quantitative estimate of drug-likeness (QED) is 0.389. The SMILES string of the molecule is COc1cccc(OC)c1N(Cc1coc2ccccc12)C(=O)C(=O)NC1=CC(=O)c2ccccc2C1=O. The van der Waals surface area contributed by atoms with Crippen molar-refractivity contribution in [3.63, 3.8) is 0 Å². The Morgan fingerprint density at radius 1 is 0.868 bits per heavy atom. The van der Waals surface area contributed by atoms with Crippen LogP contribution in [0.3, 0.4) is 0 Å². The van der Waals surface area contributed by atoms with Crippen molar-refractivity contribution in [3.05, 3.63) is 101 Å². The Kier molecular flexibility index (Phi) is 6.49. The van der Waals surface area contributed by atoms with Gasteiger partial charge in [0.05, 0.1) is 32.7 Å². The van der Waals surface area contributed by atoms with E-state index in [1.165, 1.54) is 37.5 Å². The topological polar surface area (TPSA) is 115 Å². The number of anilines is 1. The number of hydrogen-bond donors (Lipinski definition) is 1. The van der Waals surface area contributed by atoms with E-state index >= 15 is 0 Å². The number of fused-ring (bicyclic) bond motifs is 2. The van der Waals surface area contributed by atoms with E-state index in [0.717, 1.165) is 11.5 Å². The van der Waals surface area contributed by atoms with Crippen LogP contribution in [0.2, 0.25) is 0 Å². The summed E-state index contributed by atoms with van der Waals surface area (Å²) in [6.45, 7) is -0.0746. The standard InChI is InChI=1S/C29H22N2O7/c1-36-24-12-7-13-25(37-2)26(24)31(15-17-16-38-23-11-6-5-8-18(17)23)29(35)28(34)30-21-14-22(32)19-9-3-4-10-20(19)27(21)33/h3-14,16H,15H2,1-2H3,(H,30,34). The number of benzene rings is 3. The number of furan rings is 1. The van der Waals surface area contributed by atoms with Crippen molar-refractivity contribution in [1.82, 2.24) is 5.32 Å². The summed E-state index contributed by atoms with van der Waals surface area (Å²) in [6.07, 6.45) is 2.53. The molecule has 0 saturated heterocycles. The number of nitrogens with zero attached hydrogens (tertiary/aromatic N) is 1. The third-order valence-corrected chi connectivity index (χ3v) is 6.21. The monoisotopic (exact) mass is 510 g/mol. The largest absolute Gasteiger partial charge is 0.494 e. The third kappa shape index (κ3) is 4.30. The van der Waals surface area contributed by atoms with Crippen LogP contribution in [-0.2, 0) is 16.1 Å². The Morgan fingerprint density at radius 3 is 2.24 bits per heavy atom. The predicted molar refractivity (Wildman–Crippen MR) is 138 cm³/mol. The molecule has 190 valence electrons. The van der Waals surface area contributed by atoms with E-state index in [1.807, 2.05) is 18.2 Å². The maximum Gasteiger partial charge on any atom is 0.317 e. The Hall–Kier alpha value is -5.18. The molecule has 3 aromatic carbocycles. The van der Waals surface area contributed by atoms with Gasteiger partial charge in [0.2, 0.25) is 5.78 Å². The number of ether oxygens (including phenoxy) is 2. The highest BCUT2D eigenvalue weighted by molar-refractivity contribution is 6.42. The molecule has 4 aromatic rings. The maximum absolute atomic E-state index is 13.7. The van der Waals surface area contributed by atoms with Crippen molar-refractivity contribution in [3.8, 4) is 11.5 Å². The zero-order chi connectivity index (χ0) is 26.8. The lowest BCUT2D eigenvalue weighted by atomic mass is 9.93. The number of nitrogens with one attached hydrogen (secondary N) is 1. The molecule has 0 radical (unpaired) electrons. The first-order valence-corrected chi connectivity index (χ1v) is 11.6. The molecule has 38 heavy (non-hydrogen) atoms. The number of carbonyl (C=O) groups is 4. The summed E-state index contributed by atoms with van der Waals surface area (Å²) in [6, 6.07) is 18.5. The van der Waals surface area contributed by atoms with E-state index in [1.54, 1.807) is 36.4 Å². The fourth-order valence-corrected chi connectivity index (χ4v) is 4.38. The fourth-order valence-electron chi connectivity index (χ4n) is 4.38. The first-order chi connectivity index (χ1) is 18.4. The van der Waals surface area contributed by atoms with Crippen LogP contribution in [-0.4, -0.2) is 37.6 Å². The molecule has 0 aliphatic heterocycles. The van der Waals surface area contributed by atoms with Gasteiger partial charge in [0.1, 0.15) is 22.8 Å². The highest BCUT2D eigenvalue weighted by Crippen LogP contribution is 2.39. The lowest BCUT2D eigenvalue weighted by molar-refractivity contribution is -0.137. The molecule has 1 aliphatic rings. The van der Waals surface area contributed by atoms with Crippen LogP contribution >= 0.6 is 0 Å². The summed E-state index contributed by atoms with van der Waals surface area (Å²) < 4.78 is 16.6. The molecular weight excluding hydrogens is 488 g/mol. The summed E-state index contributed by atoms with van der Waals surface area (Å²) in [5.41, 5.74) is 1.55. The van der Waals surface area contributed by atoms with E-state index in [-0.39, 0.29) is 40.6 Å². The number of hydrogen-bond acceptors (Lipinski definition) is 7. The predicted octanol–water partition coefficient (Wildman–Crippen LogP) is 4.06. The maximum atomic E-state index is 13.7. The van der Waals surface area contributed by atoms with Gasteiger partial charge in [-0.15, -0.1) is 0 Å². The van der Waals surface area contributed by atoms with Crippen molar-refractivity contribution in [2.45, 2.75) is 6.54 Å². The minimum Gasteiger partial charge on any atom is -0.494 e. The summed E-state index contributed by atoms with van der Waals surface area (Å²) in [7, 11) is 2.87. The summed E-state index contributed by atoms with van der Waals surface area (Å²) in [5, 5.41) is 3.09. The molecule has 5 rings (SSSR count). The molecule has 1 N–H and O–H groups in total. The van der Waals surface area contributed by atoms with Gasteiger partial charge in [0, 0.05) is 28.2 Å². The van der Waals surface area contributed by atoms with Crippen molar-refractivity contribution >= 4 is 40.0 Å². The van der Waals surface area contributed by atoms with Crippen molar-refractivity contribution in [2.24, 2.45) is 0 Å². The Morgan fingerprint density at radius 2 is 1.53 bits per heavy atom. The molecule has 0 fully saturated rings. The van der Waals surface area contributed by atoms with Crippen molar-refractivity contribution in [1.29, 1.82) is 0 Å². The molecule has 9 heteroatoms. The second kappa shape index (κ2) is 10.1. The Labute approximate surface area is 217 Å². The van der Waals surface area contributed by atoms with Gasteiger partial charge in [-0.25, -0.2) is 0 Å². The average molecular weight is 511 g/mol. The smallest absolute Gasteiger partial charge is 0.317 e. The molecule has 0 saturated carbocycles. The molecule has 1 aliphatic carbocycles. The zero-order valence-electron chi connectivity index (χ0n) is 20.5. The number of ketones is 2. The molecule has 9 nitrogen and oxygen atoms in total. The van der Waals surface area contributed by atoms with Gasteiger partial charge in [-0.2, -0.15) is 0 Å². The summed E-state index contributed by atoms with van der Waals surface area (Å²) in [5.74, 6) is -2.55. The van der Waals surface area contributed by atoms with Crippen molar-refractivity contribution in [2.75, 3.05) is 19.1 Å². The van der Waals surface area contributed by atoms with Gasteiger partial charge < -0.3 is 19.2 Å².